The largest absolute Gasteiger partial charge is 0.431 e. The van der Waals surface area contributed by atoms with Gasteiger partial charge in [0.1, 0.15) is 5.76 Å². The highest BCUT2D eigenvalue weighted by molar-refractivity contribution is 5.98. The monoisotopic (exact) mass is 279 g/mol. The lowest BCUT2D eigenvalue weighted by Crippen LogP contribution is -2.18. The van der Waals surface area contributed by atoms with Crippen LogP contribution in [0.25, 0.3) is 5.57 Å². The number of hydrogen-bond donors (Lipinski definition) is 0. The van der Waals surface area contributed by atoms with Crippen LogP contribution < -0.4 is 4.90 Å². The van der Waals surface area contributed by atoms with Gasteiger partial charge in [0.2, 0.25) is 0 Å². The number of carbonyl (C=O) groups excluding carboxylic acids is 1. The van der Waals surface area contributed by atoms with Crippen molar-refractivity contribution >= 4 is 22.9 Å². The van der Waals surface area contributed by atoms with E-state index >= 15 is 0 Å². The topological polar surface area (TPSA) is 29.5 Å². The summed E-state index contributed by atoms with van der Waals surface area (Å²) in [6.45, 7) is 3.27. The van der Waals surface area contributed by atoms with Crippen LogP contribution in [0, 0.1) is 0 Å². The predicted molar refractivity (Wildman–Crippen MR) is 84.4 cm³/mol. The lowest BCUT2D eigenvalue weighted by atomic mass is 9.90. The molecule has 0 atom stereocenters. The fourth-order valence-corrected chi connectivity index (χ4v) is 2.88. The van der Waals surface area contributed by atoms with Crippen molar-refractivity contribution in [1.82, 2.24) is 0 Å². The molecule has 0 saturated carbocycles. The Hall–Kier alpha value is -2.55. The van der Waals surface area contributed by atoms with E-state index < -0.39 is 0 Å². The standard InChI is InChI=1S/C18H17NO2/c1-12(21-13(2)20)18-14-8-4-6-10-16(14)19(3)17-11-7-5-9-15(17)18/h4-11H,1-3H3. The molecular weight excluding hydrogens is 262 g/mol. The first-order chi connectivity index (χ1) is 10.1. The quantitative estimate of drug-likeness (QED) is 0.581. The van der Waals surface area contributed by atoms with Gasteiger partial charge >= 0.3 is 5.97 Å². The molecule has 1 heterocycles. The first-order valence-corrected chi connectivity index (χ1v) is 6.91. The Morgan fingerprint density at radius 2 is 1.38 bits per heavy atom. The van der Waals surface area contributed by atoms with Crippen LogP contribution in [-0.2, 0) is 9.53 Å². The number of allylic oxidation sites excluding steroid dienone is 1. The van der Waals surface area contributed by atoms with Gasteiger partial charge in [-0.15, -0.1) is 0 Å². The molecule has 0 N–H and O–H groups in total. The first kappa shape index (κ1) is 13.4. The maximum atomic E-state index is 11.3. The minimum Gasteiger partial charge on any atom is -0.431 e. The summed E-state index contributed by atoms with van der Waals surface area (Å²) in [5.41, 5.74) is 5.36. The van der Waals surface area contributed by atoms with Crippen LogP contribution in [0.4, 0.5) is 11.4 Å². The summed E-state index contributed by atoms with van der Waals surface area (Å²) in [5.74, 6) is 0.337. The summed E-state index contributed by atoms with van der Waals surface area (Å²) in [7, 11) is 2.05. The number of anilines is 2. The van der Waals surface area contributed by atoms with Crippen molar-refractivity contribution in [3.05, 3.63) is 65.4 Å². The van der Waals surface area contributed by atoms with Gasteiger partial charge in [-0.3, -0.25) is 4.79 Å². The van der Waals surface area contributed by atoms with Gasteiger partial charge in [0, 0.05) is 42.0 Å². The number of nitrogens with zero attached hydrogens (tertiary/aromatic N) is 1. The zero-order valence-electron chi connectivity index (χ0n) is 12.4. The minimum atomic E-state index is -0.297. The molecular formula is C18H17NO2. The third-order valence-corrected chi connectivity index (χ3v) is 3.72. The number of para-hydroxylation sites is 2. The third-order valence-electron chi connectivity index (χ3n) is 3.72. The second kappa shape index (κ2) is 5.09. The van der Waals surface area contributed by atoms with Crippen molar-refractivity contribution in [2.75, 3.05) is 11.9 Å². The predicted octanol–water partition coefficient (Wildman–Crippen LogP) is 4.11. The Labute approximate surface area is 124 Å². The van der Waals surface area contributed by atoms with Crippen molar-refractivity contribution in [3.8, 4) is 0 Å². The summed E-state index contributed by atoms with van der Waals surface area (Å²) in [6, 6.07) is 16.3. The number of rotatable bonds is 1. The number of ether oxygens (including phenoxy) is 1. The molecule has 0 saturated heterocycles. The van der Waals surface area contributed by atoms with Crippen LogP contribution in [0.3, 0.4) is 0 Å². The molecule has 0 amide bonds. The van der Waals surface area contributed by atoms with Gasteiger partial charge in [-0.25, -0.2) is 0 Å². The average molecular weight is 279 g/mol. The Morgan fingerprint density at radius 1 is 0.905 bits per heavy atom. The second-order valence-electron chi connectivity index (χ2n) is 5.12. The highest BCUT2D eigenvalue weighted by atomic mass is 16.5. The molecule has 0 fully saturated rings. The second-order valence-corrected chi connectivity index (χ2v) is 5.12. The van der Waals surface area contributed by atoms with E-state index in [0.717, 1.165) is 28.1 Å². The molecule has 21 heavy (non-hydrogen) atoms. The van der Waals surface area contributed by atoms with Crippen molar-refractivity contribution in [1.29, 1.82) is 0 Å². The van der Waals surface area contributed by atoms with Gasteiger partial charge in [0.05, 0.1) is 0 Å². The molecule has 3 rings (SSSR count). The number of fused-ring (bicyclic) bond motifs is 2. The molecule has 3 heteroatoms. The molecule has 0 aliphatic carbocycles. The number of carbonyl (C=O) groups is 1. The molecule has 0 radical (unpaired) electrons. The van der Waals surface area contributed by atoms with Crippen LogP contribution >= 0.6 is 0 Å². The van der Waals surface area contributed by atoms with Crippen molar-refractivity contribution < 1.29 is 9.53 Å². The average Bonchev–Trinajstić information content (AvgIpc) is 2.47. The molecule has 3 nitrogen and oxygen atoms in total. The molecule has 0 bridgehead atoms. The normalized spacial score (nSPS) is 12.5. The molecule has 0 aromatic heterocycles. The van der Waals surface area contributed by atoms with Crippen LogP contribution in [-0.4, -0.2) is 13.0 Å². The summed E-state index contributed by atoms with van der Waals surface area (Å²) >= 11 is 0. The van der Waals surface area contributed by atoms with Gasteiger partial charge in [0.25, 0.3) is 0 Å². The zero-order valence-corrected chi connectivity index (χ0v) is 12.4. The first-order valence-electron chi connectivity index (χ1n) is 6.91. The lowest BCUT2D eigenvalue weighted by Gasteiger charge is -2.32. The Kier molecular flexibility index (Phi) is 3.26. The Balaban J connectivity index is 2.30. The maximum Gasteiger partial charge on any atom is 0.307 e. The van der Waals surface area contributed by atoms with Gasteiger partial charge in [0.15, 0.2) is 0 Å². The summed E-state index contributed by atoms with van der Waals surface area (Å²) in [4.78, 5) is 13.5. The molecule has 1 aliphatic rings. The molecule has 2 aromatic carbocycles. The van der Waals surface area contributed by atoms with Gasteiger partial charge in [-0.05, 0) is 19.1 Å². The van der Waals surface area contributed by atoms with E-state index in [4.69, 9.17) is 4.74 Å². The summed E-state index contributed by atoms with van der Waals surface area (Å²) in [5, 5.41) is 0. The molecule has 106 valence electrons. The number of esters is 1. The molecule has 0 unspecified atom stereocenters. The highest BCUT2D eigenvalue weighted by Crippen LogP contribution is 2.45. The fourth-order valence-electron chi connectivity index (χ4n) is 2.88. The van der Waals surface area contributed by atoms with Crippen molar-refractivity contribution in [3.63, 3.8) is 0 Å². The maximum absolute atomic E-state index is 11.3. The van der Waals surface area contributed by atoms with Crippen LogP contribution in [0.15, 0.2) is 54.3 Å². The highest BCUT2D eigenvalue weighted by Gasteiger charge is 2.25. The van der Waals surface area contributed by atoms with E-state index in [2.05, 4.69) is 36.2 Å². The fraction of sp³-hybridized carbons (Fsp3) is 0.167. The smallest absolute Gasteiger partial charge is 0.307 e. The van der Waals surface area contributed by atoms with Crippen LogP contribution in [0.1, 0.15) is 25.0 Å². The molecule has 1 aliphatic heterocycles. The Morgan fingerprint density at radius 3 is 1.86 bits per heavy atom. The van der Waals surface area contributed by atoms with E-state index in [1.807, 2.05) is 31.2 Å². The minimum absolute atomic E-state index is 0.297. The molecule has 2 aromatic rings. The van der Waals surface area contributed by atoms with Crippen LogP contribution in [0.2, 0.25) is 0 Å². The van der Waals surface area contributed by atoms with E-state index in [0.29, 0.717) is 5.76 Å². The zero-order chi connectivity index (χ0) is 15.0. The SMILES string of the molecule is CC(=O)OC(C)=C1c2ccccc2N(C)c2ccccc21. The molecule has 0 spiro atoms. The van der Waals surface area contributed by atoms with Gasteiger partial charge in [-0.2, -0.15) is 0 Å². The lowest BCUT2D eigenvalue weighted by molar-refractivity contribution is -0.136. The number of hydrogen-bond acceptors (Lipinski definition) is 3. The van der Waals surface area contributed by atoms with E-state index in [-0.39, 0.29) is 5.97 Å². The van der Waals surface area contributed by atoms with Crippen molar-refractivity contribution in [2.45, 2.75) is 13.8 Å². The summed E-state index contributed by atoms with van der Waals surface area (Å²) in [6.07, 6.45) is 0. The van der Waals surface area contributed by atoms with E-state index in [9.17, 15) is 4.79 Å². The Bertz CT molecular complexity index is 697. The van der Waals surface area contributed by atoms with E-state index in [1.165, 1.54) is 6.92 Å². The third kappa shape index (κ3) is 2.21. The van der Waals surface area contributed by atoms with Crippen molar-refractivity contribution in [2.24, 2.45) is 0 Å². The van der Waals surface area contributed by atoms with E-state index in [1.54, 1.807) is 0 Å². The number of benzene rings is 2. The van der Waals surface area contributed by atoms with Gasteiger partial charge in [-0.1, -0.05) is 36.4 Å². The van der Waals surface area contributed by atoms with Crippen LogP contribution in [0.5, 0.6) is 0 Å². The summed E-state index contributed by atoms with van der Waals surface area (Å²) < 4.78 is 5.36. The van der Waals surface area contributed by atoms with Gasteiger partial charge < -0.3 is 9.64 Å².